The second-order valence-corrected chi connectivity index (χ2v) is 13.3. The molecule has 0 aliphatic carbocycles. The number of anilines is 1. The fraction of sp³-hybridized carbons (Fsp3) is 0.520. The molecule has 0 spiro atoms. The van der Waals surface area contributed by atoms with Gasteiger partial charge in [-0.3, -0.25) is 9.88 Å². The quantitative estimate of drug-likeness (QED) is 0.235. The maximum atomic E-state index is 14.3. The Morgan fingerprint density at radius 3 is 2.49 bits per heavy atom. The van der Waals surface area contributed by atoms with Crippen LogP contribution in [0.1, 0.15) is 53.1 Å². The van der Waals surface area contributed by atoms with Gasteiger partial charge in [0, 0.05) is 17.2 Å². The molecule has 0 aliphatic heterocycles. The lowest BCUT2D eigenvalue weighted by atomic mass is 9.97. The van der Waals surface area contributed by atoms with Gasteiger partial charge < -0.3 is 24.3 Å². The van der Waals surface area contributed by atoms with Gasteiger partial charge in [0.25, 0.3) is 0 Å². The first-order valence-electron chi connectivity index (χ1n) is 12.1. The number of carbonyl (C=O) groups excluding carboxylic acids is 1. The smallest absolute Gasteiger partial charge is 0.312 e. The van der Waals surface area contributed by atoms with E-state index in [1.807, 2.05) is 30.5 Å². The highest BCUT2D eigenvalue weighted by Gasteiger charge is 2.39. The molecule has 0 saturated carbocycles. The van der Waals surface area contributed by atoms with Crippen LogP contribution in [0.25, 0.3) is 11.2 Å². The first-order chi connectivity index (χ1) is 17.3. The average molecular weight is 551 g/mol. The monoisotopic (exact) mass is 550 g/mol. The Balaban J connectivity index is 1.77. The number of hydrogen-bond acceptors (Lipinski definition) is 8. The minimum absolute atomic E-state index is 0.0635. The minimum Gasteiger partial charge on any atom is -0.463 e. The van der Waals surface area contributed by atoms with Crippen LogP contribution in [0.3, 0.4) is 0 Å². The van der Waals surface area contributed by atoms with Gasteiger partial charge in [0.05, 0.1) is 30.5 Å². The van der Waals surface area contributed by atoms with Gasteiger partial charge in [0.2, 0.25) is 0 Å². The van der Waals surface area contributed by atoms with Crippen LogP contribution in [0.15, 0.2) is 36.9 Å². The average Bonchev–Trinajstić information content (AvgIpc) is 3.21. The number of rotatable bonds is 12. The predicted molar refractivity (Wildman–Crippen MR) is 146 cm³/mol. The zero-order valence-electron chi connectivity index (χ0n) is 22.1. The van der Waals surface area contributed by atoms with Gasteiger partial charge in [-0.1, -0.05) is 23.7 Å². The van der Waals surface area contributed by atoms with Crippen molar-refractivity contribution in [3.63, 3.8) is 0 Å². The van der Waals surface area contributed by atoms with Gasteiger partial charge in [0.1, 0.15) is 18.2 Å². The number of fused-ring (bicyclic) bond motifs is 1. The summed E-state index contributed by atoms with van der Waals surface area (Å²) in [5, 5.41) is 3.89. The predicted octanol–water partition coefficient (Wildman–Crippen LogP) is 5.03. The number of nitrogen functional groups attached to an aromatic ring is 1. The molecule has 1 unspecified atom stereocenters. The van der Waals surface area contributed by atoms with Crippen molar-refractivity contribution in [3.05, 3.63) is 47.5 Å². The molecule has 0 aliphatic rings. The van der Waals surface area contributed by atoms with Crippen LogP contribution in [0.5, 0.6) is 0 Å². The van der Waals surface area contributed by atoms with E-state index < -0.39 is 18.7 Å². The van der Waals surface area contributed by atoms with Gasteiger partial charge in [-0.25, -0.2) is 15.0 Å². The Bertz CT molecular complexity index is 1260. The molecule has 1 aromatic carbocycles. The van der Waals surface area contributed by atoms with Gasteiger partial charge >= 0.3 is 5.97 Å². The van der Waals surface area contributed by atoms with Crippen LogP contribution < -0.4 is 10.8 Å². The Morgan fingerprint density at radius 1 is 1.16 bits per heavy atom. The van der Waals surface area contributed by atoms with Crippen molar-refractivity contribution in [1.82, 2.24) is 24.6 Å². The molecule has 3 aromatic rings. The van der Waals surface area contributed by atoms with Crippen molar-refractivity contribution < 1.29 is 18.8 Å². The number of ether oxygens (including phenoxy) is 2. The molecule has 12 heteroatoms. The molecule has 0 bridgehead atoms. The fourth-order valence-corrected chi connectivity index (χ4v) is 7.13. The summed E-state index contributed by atoms with van der Waals surface area (Å²) >= 11 is 6.03. The molecule has 202 valence electrons. The van der Waals surface area contributed by atoms with Gasteiger partial charge in [-0.15, -0.1) is 0 Å². The Morgan fingerprint density at radius 2 is 1.84 bits per heavy atom. The number of aromatic nitrogens is 4. The number of nitrogens with one attached hydrogen (secondary N) is 1. The van der Waals surface area contributed by atoms with Crippen molar-refractivity contribution >= 4 is 41.8 Å². The second-order valence-electron chi connectivity index (χ2n) is 10.2. The lowest BCUT2D eigenvalue weighted by Gasteiger charge is -2.32. The molecule has 2 heterocycles. The van der Waals surface area contributed by atoms with Crippen LogP contribution in [-0.2, 0) is 25.4 Å². The standard InChI is InChI=1S/C25H36ClN6O4P/c1-16(2)36-24(33)25(5,6)12-37(34,31-18(4)19-7-9-20(26)10-8-19)15-35-17(3)11-32-14-30-21-22(27)28-13-29-23(21)32/h7-10,13-14,16-18H,11-12,15H2,1-6H3,(H,31,34)(H2,27,28,29)/t17-,18-,37?/m1/s1. The molecule has 0 fully saturated rings. The van der Waals surface area contributed by atoms with E-state index in [2.05, 4.69) is 20.0 Å². The van der Waals surface area contributed by atoms with E-state index in [9.17, 15) is 9.36 Å². The topological polar surface area (TPSA) is 134 Å². The molecular formula is C25H36ClN6O4P. The molecular weight excluding hydrogens is 515 g/mol. The maximum absolute atomic E-state index is 14.3. The summed E-state index contributed by atoms with van der Waals surface area (Å²) < 4.78 is 27.7. The summed E-state index contributed by atoms with van der Waals surface area (Å²) in [7, 11) is -3.25. The normalized spacial score (nSPS) is 15.5. The van der Waals surface area contributed by atoms with Gasteiger partial charge in [-0.05, 0) is 59.2 Å². The van der Waals surface area contributed by atoms with E-state index in [0.717, 1.165) is 5.56 Å². The van der Waals surface area contributed by atoms with Crippen LogP contribution in [-0.4, -0.2) is 50.2 Å². The fourth-order valence-electron chi connectivity index (χ4n) is 3.99. The zero-order chi connectivity index (χ0) is 27.4. The maximum Gasteiger partial charge on any atom is 0.312 e. The van der Waals surface area contributed by atoms with Crippen molar-refractivity contribution in [2.24, 2.45) is 5.41 Å². The SMILES string of the molecule is CC(C)OC(=O)C(C)(C)CP(=O)(CO[C@H](C)Cn1cnc2c(N)ncnc21)N[C@H](C)c1ccc(Cl)cc1. The van der Waals surface area contributed by atoms with E-state index in [0.29, 0.717) is 28.5 Å². The van der Waals surface area contributed by atoms with E-state index in [1.165, 1.54) is 6.33 Å². The third-order valence-corrected chi connectivity index (χ3v) is 8.77. The minimum atomic E-state index is -3.25. The van der Waals surface area contributed by atoms with Gasteiger partial charge in [-0.2, -0.15) is 0 Å². The number of nitrogens with zero attached hydrogens (tertiary/aromatic N) is 4. The first-order valence-corrected chi connectivity index (χ1v) is 14.6. The highest BCUT2D eigenvalue weighted by Crippen LogP contribution is 2.49. The molecule has 3 atom stereocenters. The Kier molecular flexibility index (Phi) is 9.34. The number of halogens is 1. The number of nitrogens with two attached hydrogens (primary N) is 1. The zero-order valence-corrected chi connectivity index (χ0v) is 23.8. The lowest BCUT2D eigenvalue weighted by Crippen LogP contribution is -2.35. The third kappa shape index (κ3) is 7.74. The number of benzene rings is 1. The second kappa shape index (κ2) is 11.9. The highest BCUT2D eigenvalue weighted by molar-refractivity contribution is 7.61. The molecule has 10 nitrogen and oxygen atoms in total. The third-order valence-electron chi connectivity index (χ3n) is 5.80. The van der Waals surface area contributed by atoms with E-state index in [4.69, 9.17) is 26.8 Å². The van der Waals surface area contributed by atoms with Crippen molar-refractivity contribution in [2.75, 3.05) is 18.2 Å². The van der Waals surface area contributed by atoms with E-state index in [1.54, 1.807) is 46.2 Å². The van der Waals surface area contributed by atoms with E-state index >= 15 is 0 Å². The molecule has 0 saturated heterocycles. The van der Waals surface area contributed by atoms with Crippen LogP contribution >= 0.6 is 18.9 Å². The van der Waals surface area contributed by atoms with Crippen molar-refractivity contribution in [3.8, 4) is 0 Å². The van der Waals surface area contributed by atoms with Crippen LogP contribution in [0, 0.1) is 5.41 Å². The van der Waals surface area contributed by atoms with Gasteiger partial charge in [0.15, 0.2) is 18.8 Å². The molecule has 0 radical (unpaired) electrons. The molecule has 3 rings (SSSR count). The summed E-state index contributed by atoms with van der Waals surface area (Å²) in [6.45, 7) is 11.3. The Labute approximate surface area is 222 Å². The summed E-state index contributed by atoms with van der Waals surface area (Å²) in [6, 6.07) is 7.06. The number of imidazole rings is 1. The largest absolute Gasteiger partial charge is 0.463 e. The number of esters is 1. The molecule has 2 aromatic heterocycles. The van der Waals surface area contributed by atoms with Crippen LogP contribution in [0.4, 0.5) is 5.82 Å². The summed E-state index contributed by atoms with van der Waals surface area (Å²) in [4.78, 5) is 25.3. The summed E-state index contributed by atoms with van der Waals surface area (Å²) in [6.07, 6.45) is 2.39. The summed E-state index contributed by atoms with van der Waals surface area (Å²) in [5.74, 6) is -0.100. The molecule has 0 amide bonds. The van der Waals surface area contributed by atoms with Crippen molar-refractivity contribution in [2.45, 2.75) is 66.3 Å². The number of hydrogen-bond donors (Lipinski definition) is 2. The number of carbonyl (C=O) groups is 1. The lowest BCUT2D eigenvalue weighted by molar-refractivity contribution is -0.156. The summed E-state index contributed by atoms with van der Waals surface area (Å²) in [5.41, 5.74) is 6.92. The van der Waals surface area contributed by atoms with E-state index in [-0.39, 0.29) is 30.8 Å². The molecule has 3 N–H and O–H groups in total. The highest BCUT2D eigenvalue weighted by atomic mass is 35.5. The first kappa shape index (κ1) is 29.0. The van der Waals surface area contributed by atoms with Crippen molar-refractivity contribution in [1.29, 1.82) is 0 Å². The Hall–Kier alpha value is -2.52. The van der Waals surface area contributed by atoms with Crippen LogP contribution in [0.2, 0.25) is 5.02 Å². The molecule has 37 heavy (non-hydrogen) atoms.